The maximum Gasteiger partial charge on any atom is 0.141 e. The van der Waals surface area contributed by atoms with E-state index in [-0.39, 0.29) is 17.4 Å². The van der Waals surface area contributed by atoms with Crippen LogP contribution in [0.4, 0.5) is 8.78 Å². The fraction of sp³-hybridized carbons (Fsp3) is 0.0769. The number of ether oxygens (including phenoxy) is 1. The SMILES string of the molecule is Fc1ccc(Cl)c(OCc2ccc(Br)cc2F)c1. The second-order valence-corrected chi connectivity index (χ2v) is 4.92. The maximum absolute atomic E-state index is 13.5. The van der Waals surface area contributed by atoms with E-state index in [0.717, 1.165) is 0 Å². The van der Waals surface area contributed by atoms with Crippen LogP contribution in [0.1, 0.15) is 5.56 Å². The third-order valence-electron chi connectivity index (χ3n) is 2.29. The minimum absolute atomic E-state index is 0.0116. The van der Waals surface area contributed by atoms with Crippen LogP contribution in [-0.2, 0) is 6.61 Å². The van der Waals surface area contributed by atoms with Crippen molar-refractivity contribution >= 4 is 27.5 Å². The molecule has 0 radical (unpaired) electrons. The van der Waals surface area contributed by atoms with Crippen molar-refractivity contribution in [1.29, 1.82) is 0 Å². The molecule has 94 valence electrons. The van der Waals surface area contributed by atoms with Crippen LogP contribution >= 0.6 is 27.5 Å². The average Bonchev–Trinajstić information content (AvgIpc) is 2.32. The van der Waals surface area contributed by atoms with Gasteiger partial charge in [-0.05, 0) is 24.3 Å². The summed E-state index contributed by atoms with van der Waals surface area (Å²) in [6.07, 6.45) is 0. The number of hydrogen-bond donors (Lipinski definition) is 0. The summed E-state index contributed by atoms with van der Waals surface area (Å²) in [7, 11) is 0. The summed E-state index contributed by atoms with van der Waals surface area (Å²) < 4.78 is 32.4. The van der Waals surface area contributed by atoms with Gasteiger partial charge in [0.2, 0.25) is 0 Å². The fourth-order valence-electron chi connectivity index (χ4n) is 1.38. The number of halogens is 4. The first-order chi connectivity index (χ1) is 8.56. The third-order valence-corrected chi connectivity index (χ3v) is 3.10. The summed E-state index contributed by atoms with van der Waals surface area (Å²) in [5, 5.41) is 0.286. The van der Waals surface area contributed by atoms with Crippen LogP contribution in [0.5, 0.6) is 5.75 Å². The van der Waals surface area contributed by atoms with Crippen LogP contribution in [0.15, 0.2) is 40.9 Å². The van der Waals surface area contributed by atoms with E-state index in [9.17, 15) is 8.78 Å². The molecule has 0 amide bonds. The van der Waals surface area contributed by atoms with Crippen LogP contribution in [0.25, 0.3) is 0 Å². The van der Waals surface area contributed by atoms with Crippen LogP contribution in [0.2, 0.25) is 5.02 Å². The zero-order valence-corrected chi connectivity index (χ0v) is 11.4. The van der Waals surface area contributed by atoms with Gasteiger partial charge in [-0.1, -0.05) is 33.6 Å². The van der Waals surface area contributed by atoms with Crippen molar-refractivity contribution in [3.8, 4) is 5.75 Å². The number of benzene rings is 2. The highest BCUT2D eigenvalue weighted by molar-refractivity contribution is 9.10. The van der Waals surface area contributed by atoms with Crippen molar-refractivity contribution < 1.29 is 13.5 Å². The molecule has 2 rings (SSSR count). The molecule has 2 aromatic rings. The van der Waals surface area contributed by atoms with Crippen molar-refractivity contribution in [3.05, 3.63) is 63.1 Å². The minimum Gasteiger partial charge on any atom is -0.487 e. The summed E-state index contributed by atoms with van der Waals surface area (Å²) in [4.78, 5) is 0. The van der Waals surface area contributed by atoms with Crippen molar-refractivity contribution in [2.24, 2.45) is 0 Å². The van der Waals surface area contributed by atoms with Gasteiger partial charge in [-0.15, -0.1) is 0 Å². The number of rotatable bonds is 3. The molecule has 0 aromatic heterocycles. The van der Waals surface area contributed by atoms with Gasteiger partial charge >= 0.3 is 0 Å². The van der Waals surface area contributed by atoms with Crippen molar-refractivity contribution in [2.75, 3.05) is 0 Å². The predicted octanol–water partition coefficient (Wildman–Crippen LogP) is 4.96. The molecular weight excluding hydrogens is 325 g/mol. The van der Waals surface area contributed by atoms with Crippen LogP contribution in [0.3, 0.4) is 0 Å². The Labute approximate surface area is 116 Å². The van der Waals surface area contributed by atoms with Crippen LogP contribution in [0, 0.1) is 11.6 Å². The Hall–Kier alpha value is -1.13. The molecule has 18 heavy (non-hydrogen) atoms. The van der Waals surface area contributed by atoms with E-state index < -0.39 is 11.6 Å². The first kappa shape index (κ1) is 13.3. The van der Waals surface area contributed by atoms with E-state index in [1.54, 1.807) is 12.1 Å². The molecule has 0 atom stereocenters. The van der Waals surface area contributed by atoms with Gasteiger partial charge in [0.1, 0.15) is 24.0 Å². The molecule has 0 heterocycles. The second kappa shape index (κ2) is 5.67. The minimum atomic E-state index is -0.453. The van der Waals surface area contributed by atoms with E-state index in [0.29, 0.717) is 10.0 Å². The summed E-state index contributed by atoms with van der Waals surface area (Å²) in [6, 6.07) is 8.42. The molecule has 0 aliphatic heterocycles. The predicted molar refractivity (Wildman–Crippen MR) is 69.8 cm³/mol. The molecule has 0 aliphatic rings. The largest absolute Gasteiger partial charge is 0.487 e. The van der Waals surface area contributed by atoms with Gasteiger partial charge in [0, 0.05) is 16.1 Å². The van der Waals surface area contributed by atoms with Crippen molar-refractivity contribution in [1.82, 2.24) is 0 Å². The second-order valence-electron chi connectivity index (χ2n) is 3.60. The molecule has 0 saturated heterocycles. The zero-order valence-electron chi connectivity index (χ0n) is 9.09. The highest BCUT2D eigenvalue weighted by atomic mass is 79.9. The Morgan fingerprint density at radius 2 is 1.89 bits per heavy atom. The lowest BCUT2D eigenvalue weighted by molar-refractivity contribution is 0.298. The molecule has 0 aliphatic carbocycles. The van der Waals surface area contributed by atoms with Gasteiger partial charge in [-0.2, -0.15) is 0 Å². The Bertz CT molecular complexity index is 575. The summed E-state index contributed by atoms with van der Waals surface area (Å²) in [5.41, 5.74) is 0.374. The normalized spacial score (nSPS) is 10.4. The first-order valence-electron chi connectivity index (χ1n) is 5.08. The lowest BCUT2D eigenvalue weighted by atomic mass is 10.2. The molecule has 0 bridgehead atoms. The van der Waals surface area contributed by atoms with Gasteiger partial charge in [0.05, 0.1) is 5.02 Å². The molecule has 0 unspecified atom stereocenters. The topological polar surface area (TPSA) is 9.23 Å². The van der Waals surface area contributed by atoms with Crippen molar-refractivity contribution in [2.45, 2.75) is 6.61 Å². The summed E-state index contributed by atoms with van der Waals surface area (Å²) in [5.74, 6) is -0.651. The fourth-order valence-corrected chi connectivity index (χ4v) is 1.89. The summed E-state index contributed by atoms with van der Waals surface area (Å²) in [6.45, 7) is -0.0116. The Balaban J connectivity index is 2.13. The van der Waals surface area contributed by atoms with Gasteiger partial charge < -0.3 is 4.74 Å². The van der Waals surface area contributed by atoms with E-state index in [4.69, 9.17) is 16.3 Å². The lowest BCUT2D eigenvalue weighted by Crippen LogP contribution is -1.99. The molecule has 0 fully saturated rings. The maximum atomic E-state index is 13.5. The Kier molecular flexibility index (Phi) is 4.19. The van der Waals surface area contributed by atoms with E-state index in [1.807, 2.05) is 0 Å². The lowest BCUT2D eigenvalue weighted by Gasteiger charge is -2.09. The number of hydrogen-bond acceptors (Lipinski definition) is 1. The molecule has 5 heteroatoms. The first-order valence-corrected chi connectivity index (χ1v) is 6.25. The van der Waals surface area contributed by atoms with Gasteiger partial charge in [-0.25, -0.2) is 8.78 Å². The monoisotopic (exact) mass is 332 g/mol. The zero-order chi connectivity index (χ0) is 13.1. The molecule has 2 aromatic carbocycles. The standard InChI is InChI=1S/C13H8BrClF2O/c14-9-2-1-8(12(17)5-9)7-18-13-6-10(16)3-4-11(13)15/h1-6H,7H2. The smallest absolute Gasteiger partial charge is 0.141 e. The quantitative estimate of drug-likeness (QED) is 0.771. The van der Waals surface area contributed by atoms with Gasteiger partial charge in [-0.3, -0.25) is 0 Å². The average molecular weight is 334 g/mol. The molecule has 0 spiro atoms. The Morgan fingerprint density at radius 1 is 1.11 bits per heavy atom. The van der Waals surface area contributed by atoms with E-state index >= 15 is 0 Å². The van der Waals surface area contributed by atoms with Crippen LogP contribution in [-0.4, -0.2) is 0 Å². The Morgan fingerprint density at radius 3 is 2.61 bits per heavy atom. The summed E-state index contributed by atoms with van der Waals surface area (Å²) >= 11 is 9.00. The third kappa shape index (κ3) is 3.21. The van der Waals surface area contributed by atoms with E-state index in [2.05, 4.69) is 15.9 Å². The van der Waals surface area contributed by atoms with Crippen molar-refractivity contribution in [3.63, 3.8) is 0 Å². The highest BCUT2D eigenvalue weighted by Crippen LogP contribution is 2.26. The molecule has 0 N–H and O–H groups in total. The van der Waals surface area contributed by atoms with E-state index in [1.165, 1.54) is 24.3 Å². The molecular formula is C13H8BrClF2O. The highest BCUT2D eigenvalue weighted by Gasteiger charge is 2.07. The van der Waals surface area contributed by atoms with Crippen LogP contribution < -0.4 is 4.74 Å². The molecule has 0 saturated carbocycles. The van der Waals surface area contributed by atoms with Gasteiger partial charge in [0.25, 0.3) is 0 Å². The molecule has 1 nitrogen and oxygen atoms in total. The van der Waals surface area contributed by atoms with Gasteiger partial charge in [0.15, 0.2) is 0 Å².